The second-order valence-corrected chi connectivity index (χ2v) is 6.90. The number of fused-ring (bicyclic) bond motifs is 2. The average molecular weight is 333 g/mol. The van der Waals surface area contributed by atoms with E-state index in [1.165, 1.54) is 22.3 Å². The van der Waals surface area contributed by atoms with Crippen LogP contribution in [0.4, 0.5) is 0 Å². The summed E-state index contributed by atoms with van der Waals surface area (Å²) in [5, 5.41) is 3.46. The van der Waals surface area contributed by atoms with Crippen LogP contribution in [-0.2, 0) is 4.79 Å². The minimum atomic E-state index is -0.264. The molecule has 0 amide bonds. The summed E-state index contributed by atoms with van der Waals surface area (Å²) in [6.45, 7) is 5.43. The summed E-state index contributed by atoms with van der Waals surface area (Å²) in [5.41, 5.74) is 6.60. The number of carbonyl (C=O) groups is 1. The molecule has 128 valence electrons. The van der Waals surface area contributed by atoms with Crippen molar-refractivity contribution in [3.8, 4) is 5.75 Å². The first-order valence-electron chi connectivity index (χ1n) is 8.93. The third kappa shape index (κ3) is 2.79. The van der Waals surface area contributed by atoms with Crippen molar-refractivity contribution in [3.63, 3.8) is 0 Å². The fraction of sp³-hybridized carbons (Fsp3) is 0.318. The molecule has 3 nitrogen and oxygen atoms in total. The van der Waals surface area contributed by atoms with E-state index in [-0.39, 0.29) is 18.4 Å². The highest BCUT2D eigenvalue weighted by atomic mass is 16.5. The number of nitrogens with one attached hydrogen (secondary N) is 1. The molecule has 0 saturated carbocycles. The zero-order valence-corrected chi connectivity index (χ0v) is 14.7. The molecule has 0 spiro atoms. The Bertz CT molecular complexity index is 853. The number of carbonyl (C=O) groups excluding carboxylic acids is 1. The maximum atomic E-state index is 12.3. The van der Waals surface area contributed by atoms with Crippen LogP contribution in [0.1, 0.15) is 48.9 Å². The molecule has 25 heavy (non-hydrogen) atoms. The molecule has 1 N–H and O–H groups in total. The SMILES string of the molecule is CC1=C(CCNC2C(=O)COc3ccccc32)c2ccccc2C1C. The lowest BCUT2D eigenvalue weighted by Crippen LogP contribution is -2.36. The summed E-state index contributed by atoms with van der Waals surface area (Å²) >= 11 is 0. The molecule has 2 aliphatic rings. The summed E-state index contributed by atoms with van der Waals surface area (Å²) < 4.78 is 5.52. The van der Waals surface area contributed by atoms with E-state index in [2.05, 4.69) is 43.4 Å². The number of ether oxygens (including phenoxy) is 1. The van der Waals surface area contributed by atoms with Crippen molar-refractivity contribution >= 4 is 11.4 Å². The minimum Gasteiger partial charge on any atom is -0.485 e. The number of benzene rings is 2. The Balaban J connectivity index is 1.49. The number of Topliss-reactive ketones (excluding diaryl/α,β-unsaturated/α-hetero) is 1. The molecule has 0 radical (unpaired) electrons. The van der Waals surface area contributed by atoms with Gasteiger partial charge in [-0.3, -0.25) is 4.79 Å². The molecule has 3 heteroatoms. The van der Waals surface area contributed by atoms with E-state index < -0.39 is 0 Å². The Morgan fingerprint density at radius 3 is 2.64 bits per heavy atom. The van der Waals surface area contributed by atoms with Gasteiger partial charge in [0.15, 0.2) is 5.78 Å². The molecule has 2 aromatic carbocycles. The Kier molecular flexibility index (Phi) is 4.18. The summed E-state index contributed by atoms with van der Waals surface area (Å²) in [4.78, 5) is 12.3. The molecule has 1 aliphatic carbocycles. The fourth-order valence-electron chi connectivity index (χ4n) is 4.01. The van der Waals surface area contributed by atoms with Gasteiger partial charge in [0.25, 0.3) is 0 Å². The fourth-order valence-corrected chi connectivity index (χ4v) is 4.01. The predicted molar refractivity (Wildman–Crippen MR) is 99.8 cm³/mol. The van der Waals surface area contributed by atoms with Gasteiger partial charge in [0.2, 0.25) is 0 Å². The standard InChI is InChI=1S/C22H23NO2/c1-14-15(2)17(18-8-4-3-7-16(14)18)11-12-23-22-19-9-5-6-10-21(19)25-13-20(22)24/h3-10,14,22-23H,11-13H2,1-2H3. The lowest BCUT2D eigenvalue weighted by molar-refractivity contribution is -0.124. The number of para-hydroxylation sites is 1. The molecule has 0 fully saturated rings. The van der Waals surface area contributed by atoms with E-state index in [1.54, 1.807) is 0 Å². The molecule has 2 unspecified atom stereocenters. The molecule has 4 rings (SSSR count). The Hall–Kier alpha value is -2.39. The van der Waals surface area contributed by atoms with Crippen LogP contribution in [0.5, 0.6) is 5.75 Å². The van der Waals surface area contributed by atoms with Gasteiger partial charge in [-0.05, 0) is 36.1 Å². The second-order valence-electron chi connectivity index (χ2n) is 6.90. The highest BCUT2D eigenvalue weighted by molar-refractivity contribution is 5.89. The number of hydrogen-bond donors (Lipinski definition) is 1. The van der Waals surface area contributed by atoms with E-state index in [0.717, 1.165) is 24.3 Å². The van der Waals surface area contributed by atoms with Crippen LogP contribution in [0.15, 0.2) is 54.1 Å². The Labute approximate surface area is 148 Å². The molecular weight excluding hydrogens is 310 g/mol. The third-order valence-electron chi connectivity index (χ3n) is 5.52. The van der Waals surface area contributed by atoms with Gasteiger partial charge in [0.05, 0.1) is 6.04 Å². The van der Waals surface area contributed by atoms with E-state index in [4.69, 9.17) is 4.74 Å². The molecule has 1 aliphatic heterocycles. The van der Waals surface area contributed by atoms with Gasteiger partial charge in [-0.15, -0.1) is 0 Å². The maximum Gasteiger partial charge on any atom is 0.191 e. The van der Waals surface area contributed by atoms with E-state index >= 15 is 0 Å². The number of ketones is 1. The monoisotopic (exact) mass is 333 g/mol. The van der Waals surface area contributed by atoms with Gasteiger partial charge in [0, 0.05) is 18.0 Å². The van der Waals surface area contributed by atoms with Crippen molar-refractivity contribution in [2.24, 2.45) is 0 Å². The summed E-state index contributed by atoms with van der Waals surface area (Å²) in [6, 6.07) is 16.2. The quantitative estimate of drug-likeness (QED) is 0.908. The Morgan fingerprint density at radius 1 is 1.08 bits per heavy atom. The number of hydrogen-bond acceptors (Lipinski definition) is 3. The van der Waals surface area contributed by atoms with Crippen molar-refractivity contribution in [1.82, 2.24) is 5.32 Å². The third-order valence-corrected chi connectivity index (χ3v) is 5.52. The van der Waals surface area contributed by atoms with E-state index in [0.29, 0.717) is 5.92 Å². The van der Waals surface area contributed by atoms with Gasteiger partial charge >= 0.3 is 0 Å². The van der Waals surface area contributed by atoms with Crippen LogP contribution in [0, 0.1) is 0 Å². The lowest BCUT2D eigenvalue weighted by Gasteiger charge is -2.25. The molecule has 0 saturated heterocycles. The van der Waals surface area contributed by atoms with Crippen molar-refractivity contribution in [3.05, 3.63) is 70.8 Å². The van der Waals surface area contributed by atoms with Gasteiger partial charge < -0.3 is 10.1 Å². The largest absolute Gasteiger partial charge is 0.485 e. The van der Waals surface area contributed by atoms with Gasteiger partial charge in [-0.25, -0.2) is 0 Å². The normalized spacial score (nSPS) is 21.8. The number of allylic oxidation sites excluding steroid dienone is 1. The van der Waals surface area contributed by atoms with Crippen LogP contribution < -0.4 is 10.1 Å². The second kappa shape index (κ2) is 6.49. The Morgan fingerprint density at radius 2 is 1.80 bits per heavy atom. The summed E-state index contributed by atoms with van der Waals surface area (Å²) in [5.74, 6) is 1.40. The van der Waals surface area contributed by atoms with Gasteiger partial charge in [0.1, 0.15) is 12.4 Å². The van der Waals surface area contributed by atoms with E-state index in [1.807, 2.05) is 24.3 Å². The zero-order chi connectivity index (χ0) is 17.4. The predicted octanol–water partition coefficient (Wildman–Crippen LogP) is 4.26. The summed E-state index contributed by atoms with van der Waals surface area (Å²) in [6.07, 6.45) is 0.931. The van der Waals surface area contributed by atoms with Crippen molar-refractivity contribution in [2.75, 3.05) is 13.2 Å². The van der Waals surface area contributed by atoms with Gasteiger partial charge in [-0.1, -0.05) is 55.0 Å². The first kappa shape index (κ1) is 16.1. The topological polar surface area (TPSA) is 38.3 Å². The zero-order valence-electron chi connectivity index (χ0n) is 14.7. The van der Waals surface area contributed by atoms with Crippen molar-refractivity contribution < 1.29 is 9.53 Å². The van der Waals surface area contributed by atoms with Crippen molar-refractivity contribution in [1.29, 1.82) is 0 Å². The smallest absolute Gasteiger partial charge is 0.191 e. The molecule has 0 aromatic heterocycles. The van der Waals surface area contributed by atoms with Crippen LogP contribution in [0.25, 0.3) is 5.57 Å². The van der Waals surface area contributed by atoms with Crippen molar-refractivity contribution in [2.45, 2.75) is 32.2 Å². The van der Waals surface area contributed by atoms with E-state index in [9.17, 15) is 4.79 Å². The van der Waals surface area contributed by atoms with Crippen LogP contribution in [0.3, 0.4) is 0 Å². The minimum absolute atomic E-state index is 0.101. The average Bonchev–Trinajstić information content (AvgIpc) is 2.88. The van der Waals surface area contributed by atoms with Crippen LogP contribution in [0.2, 0.25) is 0 Å². The van der Waals surface area contributed by atoms with Crippen LogP contribution in [-0.4, -0.2) is 18.9 Å². The first-order valence-corrected chi connectivity index (χ1v) is 8.93. The molecule has 0 bridgehead atoms. The van der Waals surface area contributed by atoms with Crippen LogP contribution >= 0.6 is 0 Å². The highest BCUT2D eigenvalue weighted by Gasteiger charge is 2.29. The number of rotatable bonds is 4. The molecule has 2 atom stereocenters. The molecular formula is C22H23NO2. The maximum absolute atomic E-state index is 12.3. The van der Waals surface area contributed by atoms with Gasteiger partial charge in [-0.2, -0.15) is 0 Å². The first-order chi connectivity index (χ1) is 12.2. The summed E-state index contributed by atoms with van der Waals surface area (Å²) in [7, 11) is 0. The molecule has 1 heterocycles. The highest BCUT2D eigenvalue weighted by Crippen LogP contribution is 2.42. The lowest BCUT2D eigenvalue weighted by atomic mass is 9.98. The molecule has 2 aromatic rings.